The Morgan fingerprint density at radius 3 is 0.836 bits per heavy atom. The summed E-state index contributed by atoms with van der Waals surface area (Å²) in [7, 11) is 0. The van der Waals surface area contributed by atoms with E-state index in [1.54, 1.807) is 0 Å². The van der Waals surface area contributed by atoms with Gasteiger partial charge in [-0.25, -0.2) is 0 Å². The van der Waals surface area contributed by atoms with Crippen LogP contribution in [0.2, 0.25) is 0 Å². The normalized spacial score (nSPS) is 13.0. The summed E-state index contributed by atoms with van der Waals surface area (Å²) in [6, 6.07) is 0. The fourth-order valence-electron chi connectivity index (χ4n) is 7.96. The van der Waals surface area contributed by atoms with Crippen LogP contribution in [-0.4, -0.2) is 37.2 Å². The van der Waals surface area contributed by atoms with E-state index in [1.165, 1.54) is 77.0 Å². The second kappa shape index (κ2) is 60.4. The zero-order valence-corrected chi connectivity index (χ0v) is 47.4. The van der Waals surface area contributed by atoms with Gasteiger partial charge in [0.25, 0.3) is 0 Å². The molecule has 0 amide bonds. The van der Waals surface area contributed by atoms with E-state index in [-0.39, 0.29) is 31.1 Å². The lowest BCUT2D eigenvalue weighted by Crippen LogP contribution is -2.30. The first-order valence-corrected chi connectivity index (χ1v) is 30.0. The Bertz CT molecular complexity index is 1540. The lowest BCUT2D eigenvalue weighted by molar-refractivity contribution is -0.167. The van der Waals surface area contributed by atoms with Crippen LogP contribution in [0.25, 0.3) is 0 Å². The van der Waals surface area contributed by atoms with Crippen molar-refractivity contribution in [3.63, 3.8) is 0 Å². The predicted molar refractivity (Wildman–Crippen MR) is 316 cm³/mol. The van der Waals surface area contributed by atoms with Gasteiger partial charge in [0.1, 0.15) is 13.2 Å². The zero-order valence-electron chi connectivity index (χ0n) is 47.4. The highest BCUT2D eigenvalue weighted by molar-refractivity contribution is 5.71. The van der Waals surface area contributed by atoms with Crippen molar-refractivity contribution in [1.82, 2.24) is 0 Å². The largest absolute Gasteiger partial charge is 0.462 e. The number of unbranched alkanes of at least 4 members (excludes halogenated alkanes) is 22. The standard InChI is InChI=1S/C67H110O6/c1-4-7-10-13-16-18-20-22-24-26-28-30-31-32-33-34-35-37-38-40-42-44-46-48-51-54-57-60-66(69)72-63-64(62-71-65(68)59-56-53-50-15-12-9-6-3)73-67(70)61-58-55-52-49-47-45-43-41-39-36-29-27-25-23-21-19-17-14-11-8-5-2/h7,10,16,18,21-24,27-30,32-33,35,37,39-42,64H,4-6,8-9,11-15,17,19-20,25-26,31,34,36,38,43-63H2,1-3H3/b10-7-,18-16-,23-21-,24-22-,29-27-,30-28-,33-32-,37-35-,41-39-,42-40-. The maximum absolute atomic E-state index is 12.8. The number of esters is 3. The van der Waals surface area contributed by atoms with Crippen molar-refractivity contribution in [2.24, 2.45) is 0 Å². The van der Waals surface area contributed by atoms with Crippen LogP contribution in [0.1, 0.15) is 265 Å². The van der Waals surface area contributed by atoms with Gasteiger partial charge in [0.2, 0.25) is 0 Å². The highest BCUT2D eigenvalue weighted by Gasteiger charge is 2.19. The summed E-state index contributed by atoms with van der Waals surface area (Å²) in [6.45, 7) is 6.44. The molecule has 1 atom stereocenters. The zero-order chi connectivity index (χ0) is 52.9. The Labute approximate surface area is 450 Å². The molecular formula is C67H110O6. The number of carbonyl (C=O) groups excluding carboxylic acids is 3. The summed E-state index contributed by atoms with van der Waals surface area (Å²) >= 11 is 0. The van der Waals surface area contributed by atoms with E-state index < -0.39 is 6.10 Å². The molecule has 6 nitrogen and oxygen atoms in total. The molecule has 0 saturated heterocycles. The fourth-order valence-corrected chi connectivity index (χ4v) is 7.96. The van der Waals surface area contributed by atoms with Gasteiger partial charge in [0.05, 0.1) is 0 Å². The monoisotopic (exact) mass is 1010 g/mol. The summed E-state index contributed by atoms with van der Waals surface area (Å²) in [5.74, 6) is -0.932. The topological polar surface area (TPSA) is 78.9 Å². The van der Waals surface area contributed by atoms with E-state index in [0.717, 1.165) is 148 Å². The van der Waals surface area contributed by atoms with E-state index in [4.69, 9.17) is 14.2 Å². The molecule has 0 rings (SSSR count). The molecule has 0 spiro atoms. The molecule has 0 aromatic heterocycles. The molecule has 0 bridgehead atoms. The van der Waals surface area contributed by atoms with Crippen molar-refractivity contribution in [3.8, 4) is 0 Å². The summed E-state index contributed by atoms with van der Waals surface area (Å²) in [5, 5.41) is 0. The molecule has 0 radical (unpaired) electrons. The summed E-state index contributed by atoms with van der Waals surface area (Å²) in [4.78, 5) is 38.0. The average molecular weight is 1010 g/mol. The second-order valence-electron chi connectivity index (χ2n) is 19.5. The van der Waals surface area contributed by atoms with Crippen LogP contribution in [0.15, 0.2) is 122 Å². The molecule has 6 heteroatoms. The molecule has 0 saturated carbocycles. The highest BCUT2D eigenvalue weighted by atomic mass is 16.6. The van der Waals surface area contributed by atoms with Crippen molar-refractivity contribution >= 4 is 17.9 Å². The van der Waals surface area contributed by atoms with Gasteiger partial charge in [-0.1, -0.05) is 251 Å². The minimum atomic E-state index is -0.794. The average Bonchev–Trinajstić information content (AvgIpc) is 3.39. The minimum Gasteiger partial charge on any atom is -0.462 e. The van der Waals surface area contributed by atoms with Gasteiger partial charge in [-0.15, -0.1) is 0 Å². The number of allylic oxidation sites excluding steroid dienone is 20. The van der Waals surface area contributed by atoms with Crippen molar-refractivity contribution in [1.29, 1.82) is 0 Å². The Kier molecular flexibility index (Phi) is 56.9. The molecule has 0 aromatic rings. The number of rotatable bonds is 53. The number of hydrogen-bond acceptors (Lipinski definition) is 6. The molecule has 0 N–H and O–H groups in total. The highest BCUT2D eigenvalue weighted by Crippen LogP contribution is 2.14. The summed E-state index contributed by atoms with van der Waals surface area (Å²) < 4.78 is 16.8. The van der Waals surface area contributed by atoms with Crippen molar-refractivity contribution in [2.45, 2.75) is 271 Å². The molecule has 1 unspecified atom stereocenters. The number of hydrogen-bond donors (Lipinski definition) is 0. The predicted octanol–water partition coefficient (Wildman–Crippen LogP) is 20.4. The smallest absolute Gasteiger partial charge is 0.306 e. The molecule has 0 aliphatic carbocycles. The van der Waals surface area contributed by atoms with Crippen molar-refractivity contribution in [3.05, 3.63) is 122 Å². The van der Waals surface area contributed by atoms with E-state index in [0.29, 0.717) is 19.3 Å². The molecule has 0 aliphatic rings. The van der Waals surface area contributed by atoms with Crippen LogP contribution in [0.5, 0.6) is 0 Å². The van der Waals surface area contributed by atoms with Crippen LogP contribution in [-0.2, 0) is 28.6 Å². The lowest BCUT2D eigenvalue weighted by atomic mass is 10.1. The third-order valence-corrected chi connectivity index (χ3v) is 12.5. The number of ether oxygens (including phenoxy) is 3. The molecule has 73 heavy (non-hydrogen) atoms. The first kappa shape index (κ1) is 68.8. The van der Waals surface area contributed by atoms with E-state index in [9.17, 15) is 14.4 Å². The first-order chi connectivity index (χ1) is 36.0. The SMILES string of the molecule is CC/C=C\C/C=C\C/C=C\C/C=C\C/C=C\C/C=C\C/C=C\CCCCCCCC(=O)OCC(COC(=O)CCCCCCCCC)OC(=O)CCCCCCCC/C=C\C/C=C\C/C=C\CCCCCCC. The molecule has 0 aromatic carbocycles. The van der Waals surface area contributed by atoms with Gasteiger partial charge in [0, 0.05) is 19.3 Å². The second-order valence-corrected chi connectivity index (χ2v) is 19.5. The lowest BCUT2D eigenvalue weighted by Gasteiger charge is -2.18. The first-order valence-electron chi connectivity index (χ1n) is 30.0. The molecular weight excluding hydrogens is 901 g/mol. The van der Waals surface area contributed by atoms with Crippen molar-refractivity contribution in [2.75, 3.05) is 13.2 Å². The third kappa shape index (κ3) is 58.6. The Morgan fingerprint density at radius 2 is 0.534 bits per heavy atom. The van der Waals surface area contributed by atoms with Crippen LogP contribution < -0.4 is 0 Å². The van der Waals surface area contributed by atoms with Gasteiger partial charge in [-0.05, 0) is 116 Å². The van der Waals surface area contributed by atoms with Gasteiger partial charge < -0.3 is 14.2 Å². The van der Waals surface area contributed by atoms with Crippen LogP contribution >= 0.6 is 0 Å². The fraction of sp³-hybridized carbons (Fsp3) is 0.657. The van der Waals surface area contributed by atoms with Gasteiger partial charge >= 0.3 is 17.9 Å². The van der Waals surface area contributed by atoms with Gasteiger partial charge in [0.15, 0.2) is 6.10 Å². The molecule has 0 aliphatic heterocycles. The van der Waals surface area contributed by atoms with E-state index in [2.05, 4.69) is 142 Å². The third-order valence-electron chi connectivity index (χ3n) is 12.5. The van der Waals surface area contributed by atoms with Crippen molar-refractivity contribution < 1.29 is 28.6 Å². The Hall–Kier alpha value is -4.19. The quantitative estimate of drug-likeness (QED) is 0.0261. The molecule has 0 fully saturated rings. The Morgan fingerprint density at radius 1 is 0.288 bits per heavy atom. The molecule has 0 heterocycles. The van der Waals surface area contributed by atoms with Gasteiger partial charge in [-0.2, -0.15) is 0 Å². The van der Waals surface area contributed by atoms with E-state index in [1.807, 2.05) is 0 Å². The van der Waals surface area contributed by atoms with Crippen LogP contribution in [0.4, 0.5) is 0 Å². The Balaban J connectivity index is 4.28. The molecule has 414 valence electrons. The summed E-state index contributed by atoms with van der Waals surface area (Å²) in [6.07, 6.45) is 83.5. The van der Waals surface area contributed by atoms with E-state index >= 15 is 0 Å². The minimum absolute atomic E-state index is 0.0917. The van der Waals surface area contributed by atoms with Gasteiger partial charge in [-0.3, -0.25) is 14.4 Å². The maximum atomic E-state index is 12.8. The number of carbonyl (C=O) groups is 3. The maximum Gasteiger partial charge on any atom is 0.306 e. The van der Waals surface area contributed by atoms with Crippen LogP contribution in [0.3, 0.4) is 0 Å². The van der Waals surface area contributed by atoms with Crippen LogP contribution in [0, 0.1) is 0 Å². The summed E-state index contributed by atoms with van der Waals surface area (Å²) in [5.41, 5.74) is 0.